The average molecular weight is 847 g/mol. The lowest BCUT2D eigenvalue weighted by Gasteiger charge is -2.32. The van der Waals surface area contributed by atoms with E-state index in [0.29, 0.717) is 0 Å². The van der Waals surface area contributed by atoms with Gasteiger partial charge in [-0.25, -0.2) is 0 Å². The van der Waals surface area contributed by atoms with Crippen LogP contribution in [0.25, 0.3) is 22.3 Å². The van der Waals surface area contributed by atoms with Crippen LogP contribution >= 0.6 is 15.9 Å². The first-order valence-electron chi connectivity index (χ1n) is 20.8. The molecule has 0 amide bonds. The summed E-state index contributed by atoms with van der Waals surface area (Å²) in [5, 5.41) is 0. The summed E-state index contributed by atoms with van der Waals surface area (Å²) >= 11 is 3.56. The summed E-state index contributed by atoms with van der Waals surface area (Å²) in [7, 11) is -1.26. The molecular weight excluding hydrogens is 785 g/mol. The first-order valence-corrected chi connectivity index (χ1v) is 21.6. The standard InChI is InChI=1S/C21H25BO2.C15H13Br.C12H24B2O4/c1-19(2)17-10-8-7-9-15(17)16-12-11-14(13-18(16)19)22-23-20(3,4)21(5,6)24-22;1-15(2)13-6-4-3-5-11(13)12-8-7-10(16)9-14(12)15;1-9(2)10(3,4)16-13(15-9)14-17-11(5,6)12(7,8)18-14/h7-13H,1-6H3;3-9H,1-2H3;1-8H3. The molecule has 3 heterocycles. The molecule has 4 aromatic rings. The quantitative estimate of drug-likeness (QED) is 0.187. The maximum atomic E-state index is 6.23. The van der Waals surface area contributed by atoms with Crippen LogP contribution in [-0.4, -0.2) is 54.7 Å². The van der Waals surface area contributed by atoms with Gasteiger partial charge in [0.25, 0.3) is 0 Å². The molecule has 3 saturated heterocycles. The van der Waals surface area contributed by atoms with Gasteiger partial charge in [0.15, 0.2) is 0 Å². The van der Waals surface area contributed by atoms with Crippen LogP contribution in [0.3, 0.4) is 0 Å². The first-order chi connectivity index (χ1) is 26.6. The molecule has 4 aromatic carbocycles. The van der Waals surface area contributed by atoms with Crippen molar-refractivity contribution in [3.63, 3.8) is 0 Å². The van der Waals surface area contributed by atoms with Crippen molar-refractivity contribution in [1.29, 1.82) is 0 Å². The number of halogens is 1. The van der Waals surface area contributed by atoms with E-state index in [0.717, 1.165) is 9.94 Å². The van der Waals surface area contributed by atoms with Crippen LogP contribution in [0.5, 0.6) is 0 Å². The van der Waals surface area contributed by atoms with Gasteiger partial charge in [-0.05, 0) is 145 Å². The van der Waals surface area contributed by atoms with Gasteiger partial charge in [0.1, 0.15) is 0 Å². The van der Waals surface area contributed by atoms with E-state index in [4.69, 9.17) is 27.9 Å². The molecule has 2 aliphatic carbocycles. The molecule has 5 aliphatic rings. The van der Waals surface area contributed by atoms with Gasteiger partial charge < -0.3 is 27.9 Å². The van der Waals surface area contributed by atoms with Crippen molar-refractivity contribution in [2.45, 2.75) is 155 Å². The molecule has 10 heteroatoms. The summed E-state index contributed by atoms with van der Waals surface area (Å²) in [5.41, 5.74) is 10.2. The van der Waals surface area contributed by atoms with E-state index in [1.807, 2.05) is 55.4 Å². The van der Waals surface area contributed by atoms with Crippen molar-refractivity contribution in [2.75, 3.05) is 0 Å². The van der Waals surface area contributed by atoms with Crippen molar-refractivity contribution in [3.8, 4) is 22.3 Å². The lowest BCUT2D eigenvalue weighted by molar-refractivity contribution is 0.00578. The van der Waals surface area contributed by atoms with Gasteiger partial charge in [-0.3, -0.25) is 0 Å². The highest BCUT2D eigenvalue weighted by Crippen LogP contribution is 2.50. The summed E-state index contributed by atoms with van der Waals surface area (Å²) < 4.78 is 37.5. The zero-order valence-corrected chi connectivity index (χ0v) is 39.2. The maximum Gasteiger partial charge on any atom is 0.494 e. The monoisotopic (exact) mass is 846 g/mol. The first kappa shape index (κ1) is 43.4. The van der Waals surface area contributed by atoms with Crippen molar-refractivity contribution in [1.82, 2.24) is 0 Å². The molecule has 58 heavy (non-hydrogen) atoms. The second-order valence-corrected chi connectivity index (χ2v) is 21.6. The molecule has 0 bridgehead atoms. The zero-order valence-electron chi connectivity index (χ0n) is 37.6. The molecule has 3 aliphatic heterocycles. The van der Waals surface area contributed by atoms with Crippen LogP contribution < -0.4 is 5.46 Å². The Morgan fingerprint density at radius 1 is 0.362 bits per heavy atom. The summed E-state index contributed by atoms with van der Waals surface area (Å²) in [4.78, 5) is 0. The molecule has 9 rings (SSSR count). The van der Waals surface area contributed by atoms with E-state index in [1.165, 1.54) is 44.5 Å². The Morgan fingerprint density at radius 3 is 1.10 bits per heavy atom. The Morgan fingerprint density at radius 2 is 0.690 bits per heavy atom. The van der Waals surface area contributed by atoms with Crippen molar-refractivity contribution >= 4 is 42.5 Å². The van der Waals surface area contributed by atoms with Gasteiger partial charge in [0, 0.05) is 15.3 Å². The average Bonchev–Trinajstić information content (AvgIpc) is 3.75. The van der Waals surface area contributed by atoms with E-state index >= 15 is 0 Å². The molecule has 6 nitrogen and oxygen atoms in total. The highest BCUT2D eigenvalue weighted by molar-refractivity contribution is 9.10. The SMILES string of the molecule is CC1(C)OB(B2OC(C)(C)C(C)(C)O2)OC1(C)C.CC1(C)c2ccccc2-c2ccc(B3OC(C)(C)C(C)(C)O3)cc21.CC1(C)c2ccccc2-c2ccc(Br)cc21. The molecule has 0 aromatic heterocycles. The maximum absolute atomic E-state index is 6.23. The molecule has 0 radical (unpaired) electrons. The molecule has 0 spiro atoms. The number of fused-ring (bicyclic) bond motifs is 6. The highest BCUT2D eigenvalue weighted by Gasteiger charge is 2.63. The van der Waals surface area contributed by atoms with Crippen LogP contribution in [0.4, 0.5) is 0 Å². The van der Waals surface area contributed by atoms with Gasteiger partial charge in [0.2, 0.25) is 0 Å². The largest absolute Gasteiger partial charge is 0.494 e. The van der Waals surface area contributed by atoms with Crippen molar-refractivity contribution in [2.24, 2.45) is 0 Å². The molecule has 306 valence electrons. The number of hydrogen-bond donors (Lipinski definition) is 0. The molecule has 3 fully saturated rings. The topological polar surface area (TPSA) is 55.4 Å². The van der Waals surface area contributed by atoms with E-state index < -0.39 is 14.0 Å². The highest BCUT2D eigenvalue weighted by atomic mass is 79.9. The smallest absolute Gasteiger partial charge is 0.405 e. The van der Waals surface area contributed by atoms with Crippen molar-refractivity contribution < 1.29 is 27.9 Å². The fourth-order valence-corrected chi connectivity index (χ4v) is 8.88. The lowest BCUT2D eigenvalue weighted by atomic mass is 9.49. The van der Waals surface area contributed by atoms with E-state index in [9.17, 15) is 0 Å². The Hall–Kier alpha value is -2.69. The number of hydrogen-bond acceptors (Lipinski definition) is 6. The van der Waals surface area contributed by atoms with Gasteiger partial charge in [-0.2, -0.15) is 0 Å². The molecule has 0 unspecified atom stereocenters. The number of benzene rings is 4. The summed E-state index contributed by atoms with van der Waals surface area (Å²) in [6, 6.07) is 30.6. The Balaban J connectivity index is 0.000000136. The summed E-state index contributed by atoms with van der Waals surface area (Å²) in [6.45, 7) is 33.8. The van der Waals surface area contributed by atoms with Crippen LogP contribution in [0.1, 0.15) is 133 Å². The Kier molecular flexibility index (Phi) is 10.6. The Labute approximate surface area is 358 Å². The van der Waals surface area contributed by atoms with E-state index in [-0.39, 0.29) is 51.6 Å². The minimum absolute atomic E-state index is 0.00553. The molecule has 0 atom stereocenters. The summed E-state index contributed by atoms with van der Waals surface area (Å²) in [5.74, 6) is 0. The third-order valence-electron chi connectivity index (χ3n) is 14.4. The van der Waals surface area contributed by atoms with Crippen LogP contribution in [0, 0.1) is 0 Å². The van der Waals surface area contributed by atoms with Gasteiger partial charge in [0.05, 0.1) is 33.6 Å². The predicted octanol–water partition coefficient (Wildman–Crippen LogP) is 11.3. The van der Waals surface area contributed by atoms with Crippen molar-refractivity contribution in [3.05, 3.63) is 112 Å². The van der Waals surface area contributed by atoms with E-state index in [2.05, 4.69) is 156 Å². The van der Waals surface area contributed by atoms with Gasteiger partial charge >= 0.3 is 21.1 Å². The van der Waals surface area contributed by atoms with Gasteiger partial charge in [-0.15, -0.1) is 0 Å². The molecular formula is C48H62B3BrO6. The lowest BCUT2D eigenvalue weighted by Crippen LogP contribution is -2.41. The minimum Gasteiger partial charge on any atom is -0.405 e. The predicted molar refractivity (Wildman–Crippen MR) is 244 cm³/mol. The third kappa shape index (κ3) is 7.20. The third-order valence-corrected chi connectivity index (χ3v) is 14.9. The van der Waals surface area contributed by atoms with Crippen LogP contribution in [0.15, 0.2) is 89.4 Å². The summed E-state index contributed by atoms with van der Waals surface area (Å²) in [6.07, 6.45) is 0. The molecule has 0 saturated carbocycles. The molecule has 0 N–H and O–H groups in total. The zero-order chi connectivity index (χ0) is 42.6. The second-order valence-electron chi connectivity index (χ2n) is 20.7. The normalized spacial score (nSPS) is 23.5. The van der Waals surface area contributed by atoms with Crippen LogP contribution in [0.2, 0.25) is 0 Å². The fraction of sp³-hybridized carbons (Fsp3) is 0.500. The van der Waals surface area contributed by atoms with Crippen LogP contribution in [-0.2, 0) is 38.8 Å². The number of rotatable bonds is 2. The van der Waals surface area contributed by atoms with Gasteiger partial charge in [-0.1, -0.05) is 116 Å². The van der Waals surface area contributed by atoms with E-state index in [1.54, 1.807) is 0 Å². The fourth-order valence-electron chi connectivity index (χ4n) is 8.52. The minimum atomic E-state index is -0.476. The Bertz CT molecular complexity index is 2140. The second kappa shape index (κ2) is 14.2.